The molecule has 4 nitrogen and oxygen atoms in total. The molecule has 98 valence electrons. The predicted molar refractivity (Wildman–Crippen MR) is 74.3 cm³/mol. The number of nitrogens with zero attached hydrogens (tertiary/aromatic N) is 1. The summed E-state index contributed by atoms with van der Waals surface area (Å²) in [6, 6.07) is 11.1. The number of amides is 1. The molecule has 0 spiro atoms. The van der Waals surface area contributed by atoms with Crippen molar-refractivity contribution >= 4 is 11.7 Å². The number of hydrogen-bond acceptors (Lipinski definition) is 3. The highest BCUT2D eigenvalue weighted by molar-refractivity contribution is 5.91. The molecule has 1 N–H and O–H groups in total. The van der Waals surface area contributed by atoms with Crippen LogP contribution in [-0.4, -0.2) is 18.0 Å². The molecule has 19 heavy (non-hydrogen) atoms. The highest BCUT2D eigenvalue weighted by Crippen LogP contribution is 2.19. The molecule has 1 aromatic carbocycles. The van der Waals surface area contributed by atoms with Gasteiger partial charge in [0.15, 0.2) is 0 Å². The van der Waals surface area contributed by atoms with Gasteiger partial charge in [-0.05, 0) is 36.2 Å². The number of aromatic nitrogens is 1. The summed E-state index contributed by atoms with van der Waals surface area (Å²) in [6.45, 7) is 1.97. The minimum absolute atomic E-state index is 0.0930. The average molecular weight is 256 g/mol. The van der Waals surface area contributed by atoms with E-state index in [1.54, 1.807) is 25.4 Å². The van der Waals surface area contributed by atoms with E-state index in [9.17, 15) is 4.79 Å². The molecule has 0 aliphatic rings. The Morgan fingerprint density at radius 1 is 1.32 bits per heavy atom. The number of anilines is 1. The Labute approximate surface area is 112 Å². The lowest BCUT2D eigenvalue weighted by molar-refractivity contribution is -0.115. The molecule has 2 rings (SSSR count). The van der Waals surface area contributed by atoms with Gasteiger partial charge in [-0.3, -0.25) is 4.79 Å². The van der Waals surface area contributed by atoms with Crippen molar-refractivity contribution in [3.05, 3.63) is 53.7 Å². The number of pyridine rings is 1. The van der Waals surface area contributed by atoms with Crippen molar-refractivity contribution in [3.63, 3.8) is 0 Å². The van der Waals surface area contributed by atoms with Crippen LogP contribution in [0.25, 0.3) is 0 Å². The highest BCUT2D eigenvalue weighted by atomic mass is 16.5. The average Bonchev–Trinajstić information content (AvgIpc) is 2.42. The Morgan fingerprint density at radius 3 is 2.84 bits per heavy atom. The van der Waals surface area contributed by atoms with Crippen LogP contribution >= 0.6 is 0 Å². The largest absolute Gasteiger partial charge is 0.496 e. The molecular weight excluding hydrogens is 240 g/mol. The zero-order valence-electron chi connectivity index (χ0n) is 11.0. The first-order valence-electron chi connectivity index (χ1n) is 6.03. The smallest absolute Gasteiger partial charge is 0.229 e. The number of ether oxygens (including phenoxy) is 1. The maximum atomic E-state index is 11.9. The number of rotatable bonds is 4. The molecule has 1 heterocycles. The molecule has 2 aromatic rings. The molecule has 4 heteroatoms. The lowest BCUT2D eigenvalue weighted by Crippen LogP contribution is -2.15. The monoisotopic (exact) mass is 256 g/mol. The first-order chi connectivity index (χ1) is 9.19. The van der Waals surface area contributed by atoms with Crippen LogP contribution in [0.2, 0.25) is 0 Å². The molecule has 0 aliphatic heterocycles. The number of carbonyl (C=O) groups is 1. The molecule has 0 saturated heterocycles. The van der Waals surface area contributed by atoms with E-state index in [0.29, 0.717) is 12.2 Å². The van der Waals surface area contributed by atoms with Gasteiger partial charge in [-0.2, -0.15) is 0 Å². The normalized spacial score (nSPS) is 10.0. The molecule has 1 amide bonds. The van der Waals surface area contributed by atoms with Crippen LogP contribution in [0.5, 0.6) is 5.75 Å². The maximum absolute atomic E-state index is 11.9. The van der Waals surface area contributed by atoms with E-state index >= 15 is 0 Å². The van der Waals surface area contributed by atoms with Crippen molar-refractivity contribution in [2.45, 2.75) is 13.3 Å². The third-order valence-corrected chi connectivity index (χ3v) is 2.77. The molecule has 0 fully saturated rings. The van der Waals surface area contributed by atoms with Gasteiger partial charge in [0.05, 0.1) is 13.5 Å². The molecule has 0 aliphatic carbocycles. The minimum Gasteiger partial charge on any atom is -0.496 e. The van der Waals surface area contributed by atoms with Crippen LogP contribution < -0.4 is 10.1 Å². The number of hydrogen-bond donors (Lipinski definition) is 1. The van der Waals surface area contributed by atoms with Gasteiger partial charge in [-0.15, -0.1) is 0 Å². The quantitative estimate of drug-likeness (QED) is 0.914. The molecule has 0 atom stereocenters. The van der Waals surface area contributed by atoms with Crippen LogP contribution in [0.4, 0.5) is 5.82 Å². The lowest BCUT2D eigenvalue weighted by Gasteiger charge is -2.08. The van der Waals surface area contributed by atoms with Crippen LogP contribution in [-0.2, 0) is 11.2 Å². The molecule has 0 bridgehead atoms. The van der Waals surface area contributed by atoms with E-state index in [1.165, 1.54) is 0 Å². The molecule has 0 radical (unpaired) electrons. The zero-order chi connectivity index (χ0) is 13.7. The molecule has 0 unspecified atom stereocenters. The van der Waals surface area contributed by atoms with Crippen molar-refractivity contribution in [2.24, 2.45) is 0 Å². The standard InChI is InChI=1S/C15H16N2O2/c1-11-6-7-12(9-13(11)19-2)10-15(18)17-14-5-3-4-8-16-14/h3-9H,10H2,1-2H3,(H,16,17,18). The van der Waals surface area contributed by atoms with Crippen LogP contribution in [0, 0.1) is 6.92 Å². The zero-order valence-corrected chi connectivity index (χ0v) is 11.0. The van der Waals surface area contributed by atoms with Crippen molar-refractivity contribution in [3.8, 4) is 5.75 Å². The van der Waals surface area contributed by atoms with Crippen LogP contribution in [0.1, 0.15) is 11.1 Å². The Hall–Kier alpha value is -2.36. The first kappa shape index (κ1) is 13.1. The van der Waals surface area contributed by atoms with Gasteiger partial charge in [-0.1, -0.05) is 18.2 Å². The minimum atomic E-state index is -0.0930. The molecular formula is C15H16N2O2. The summed E-state index contributed by atoms with van der Waals surface area (Å²) >= 11 is 0. The third kappa shape index (κ3) is 3.55. The summed E-state index contributed by atoms with van der Waals surface area (Å²) in [6.07, 6.45) is 1.94. The maximum Gasteiger partial charge on any atom is 0.229 e. The summed E-state index contributed by atoms with van der Waals surface area (Å²) in [5.74, 6) is 1.26. The second-order valence-electron chi connectivity index (χ2n) is 4.24. The predicted octanol–water partition coefficient (Wildman–Crippen LogP) is 2.58. The Kier molecular flexibility index (Phi) is 4.13. The Morgan fingerprint density at radius 2 is 2.16 bits per heavy atom. The summed E-state index contributed by atoms with van der Waals surface area (Å²) in [7, 11) is 1.63. The first-order valence-corrected chi connectivity index (χ1v) is 6.03. The number of carbonyl (C=O) groups excluding carboxylic acids is 1. The fraction of sp³-hybridized carbons (Fsp3) is 0.200. The van der Waals surface area contributed by atoms with Crippen LogP contribution in [0.3, 0.4) is 0 Å². The summed E-state index contributed by atoms with van der Waals surface area (Å²) < 4.78 is 5.24. The topological polar surface area (TPSA) is 51.2 Å². The Balaban J connectivity index is 2.03. The third-order valence-electron chi connectivity index (χ3n) is 2.77. The molecule has 0 saturated carbocycles. The van der Waals surface area contributed by atoms with Crippen molar-refractivity contribution in [2.75, 3.05) is 12.4 Å². The van der Waals surface area contributed by atoms with E-state index in [4.69, 9.17) is 4.74 Å². The van der Waals surface area contributed by atoms with E-state index < -0.39 is 0 Å². The fourth-order valence-corrected chi connectivity index (χ4v) is 1.78. The van der Waals surface area contributed by atoms with Gasteiger partial charge in [0.2, 0.25) is 5.91 Å². The number of methoxy groups -OCH3 is 1. The van der Waals surface area contributed by atoms with E-state index in [0.717, 1.165) is 16.9 Å². The van der Waals surface area contributed by atoms with Crippen molar-refractivity contribution in [1.29, 1.82) is 0 Å². The summed E-state index contributed by atoms with van der Waals surface area (Å²) in [5, 5.41) is 2.75. The van der Waals surface area contributed by atoms with Gasteiger partial charge in [0.1, 0.15) is 11.6 Å². The summed E-state index contributed by atoms with van der Waals surface area (Å²) in [4.78, 5) is 15.9. The Bertz CT molecular complexity index is 568. The van der Waals surface area contributed by atoms with E-state index in [2.05, 4.69) is 10.3 Å². The SMILES string of the molecule is COc1cc(CC(=O)Nc2ccccn2)ccc1C. The van der Waals surface area contributed by atoms with Crippen LogP contribution in [0.15, 0.2) is 42.6 Å². The molecule has 1 aromatic heterocycles. The lowest BCUT2D eigenvalue weighted by atomic mass is 10.1. The van der Waals surface area contributed by atoms with Crippen molar-refractivity contribution < 1.29 is 9.53 Å². The van der Waals surface area contributed by atoms with Crippen molar-refractivity contribution in [1.82, 2.24) is 4.98 Å². The van der Waals surface area contributed by atoms with Gasteiger partial charge in [-0.25, -0.2) is 4.98 Å². The van der Waals surface area contributed by atoms with E-state index in [1.807, 2.05) is 31.2 Å². The number of benzene rings is 1. The van der Waals surface area contributed by atoms with Gasteiger partial charge in [0, 0.05) is 6.20 Å². The fourth-order valence-electron chi connectivity index (χ4n) is 1.78. The van der Waals surface area contributed by atoms with Gasteiger partial charge < -0.3 is 10.1 Å². The number of aryl methyl sites for hydroxylation is 1. The second-order valence-corrected chi connectivity index (χ2v) is 4.24. The highest BCUT2D eigenvalue weighted by Gasteiger charge is 2.06. The second kappa shape index (κ2) is 6.00. The van der Waals surface area contributed by atoms with Gasteiger partial charge in [0.25, 0.3) is 0 Å². The summed E-state index contributed by atoms with van der Waals surface area (Å²) in [5.41, 5.74) is 1.97. The van der Waals surface area contributed by atoms with Gasteiger partial charge >= 0.3 is 0 Å². The number of nitrogens with one attached hydrogen (secondary N) is 1. The van der Waals surface area contributed by atoms with E-state index in [-0.39, 0.29) is 5.91 Å².